The van der Waals surface area contributed by atoms with E-state index in [1.54, 1.807) is 0 Å². The summed E-state index contributed by atoms with van der Waals surface area (Å²) < 4.78 is 0. The fraction of sp³-hybridized carbons (Fsp3) is 0.667. The molecule has 0 bridgehead atoms. The van der Waals surface area contributed by atoms with Crippen LogP contribution >= 0.6 is 0 Å². The second kappa shape index (κ2) is 5.77. The van der Waals surface area contributed by atoms with Gasteiger partial charge in [-0.3, -0.25) is 4.90 Å². The maximum absolute atomic E-state index is 8.37. The molecule has 0 radical (unpaired) electrons. The molecular formula is C9H14N2. The Kier molecular flexibility index (Phi) is 5.25. The van der Waals surface area contributed by atoms with E-state index in [1.807, 2.05) is 25.8 Å². The monoisotopic (exact) mass is 150 g/mol. The first-order valence-electron chi connectivity index (χ1n) is 3.78. The lowest BCUT2D eigenvalue weighted by Gasteiger charge is -2.15. The van der Waals surface area contributed by atoms with E-state index >= 15 is 0 Å². The van der Waals surface area contributed by atoms with E-state index in [0.29, 0.717) is 6.54 Å². The third-order valence-corrected chi connectivity index (χ3v) is 1.47. The third kappa shape index (κ3) is 4.42. The maximum Gasteiger partial charge on any atom is 0.0873 e. The summed E-state index contributed by atoms with van der Waals surface area (Å²) in [5.74, 6) is 6.03. The van der Waals surface area contributed by atoms with Gasteiger partial charge in [0.2, 0.25) is 0 Å². The van der Waals surface area contributed by atoms with Crippen LogP contribution in [0.25, 0.3) is 0 Å². The molecular weight excluding hydrogens is 136 g/mol. The van der Waals surface area contributed by atoms with Crippen molar-refractivity contribution in [2.45, 2.75) is 26.3 Å². The van der Waals surface area contributed by atoms with Gasteiger partial charge >= 0.3 is 0 Å². The zero-order valence-electron chi connectivity index (χ0n) is 7.39. The van der Waals surface area contributed by atoms with Crippen molar-refractivity contribution in [2.24, 2.45) is 0 Å². The van der Waals surface area contributed by atoms with Crippen LogP contribution in [-0.2, 0) is 0 Å². The molecule has 0 aliphatic heterocycles. The van der Waals surface area contributed by atoms with E-state index in [4.69, 9.17) is 5.26 Å². The Morgan fingerprint density at radius 1 is 1.55 bits per heavy atom. The van der Waals surface area contributed by atoms with Crippen LogP contribution in [0.15, 0.2) is 0 Å². The fourth-order valence-corrected chi connectivity index (χ4v) is 0.608. The van der Waals surface area contributed by atoms with Crippen molar-refractivity contribution in [1.29, 1.82) is 5.26 Å². The Labute approximate surface area is 68.8 Å². The van der Waals surface area contributed by atoms with Crippen LogP contribution in [0.5, 0.6) is 0 Å². The molecule has 0 N–H and O–H groups in total. The van der Waals surface area contributed by atoms with Gasteiger partial charge in [0.25, 0.3) is 0 Å². The van der Waals surface area contributed by atoms with Crippen molar-refractivity contribution >= 4 is 0 Å². The first kappa shape index (κ1) is 10.0. The second-order valence-corrected chi connectivity index (χ2v) is 2.42. The molecule has 1 atom stereocenters. The van der Waals surface area contributed by atoms with Crippen molar-refractivity contribution in [2.75, 3.05) is 13.6 Å². The minimum absolute atomic E-state index is 0.189. The number of hydrogen-bond donors (Lipinski definition) is 0. The molecule has 0 aromatic rings. The van der Waals surface area contributed by atoms with Gasteiger partial charge in [-0.1, -0.05) is 12.8 Å². The number of nitrogens with zero attached hydrogens (tertiary/aromatic N) is 2. The van der Waals surface area contributed by atoms with Gasteiger partial charge in [-0.05, 0) is 14.0 Å². The highest BCUT2D eigenvalue weighted by molar-refractivity contribution is 5.06. The van der Waals surface area contributed by atoms with E-state index in [9.17, 15) is 0 Å². The topological polar surface area (TPSA) is 27.0 Å². The Bertz CT molecular complexity index is 192. The molecule has 0 aliphatic carbocycles. The summed E-state index contributed by atoms with van der Waals surface area (Å²) in [5, 5.41) is 8.37. The van der Waals surface area contributed by atoms with E-state index in [0.717, 1.165) is 6.42 Å². The predicted octanol–water partition coefficient (Wildman–Crippen LogP) is 1.24. The van der Waals surface area contributed by atoms with Crippen LogP contribution in [0.3, 0.4) is 0 Å². The Morgan fingerprint density at radius 3 is 2.64 bits per heavy atom. The molecule has 0 aromatic heterocycles. The molecule has 0 spiro atoms. The van der Waals surface area contributed by atoms with E-state index in [1.165, 1.54) is 0 Å². The van der Waals surface area contributed by atoms with Gasteiger partial charge in [0, 0.05) is 6.42 Å². The normalized spacial score (nSPS) is 11.5. The first-order chi connectivity index (χ1) is 5.22. The molecule has 0 saturated carbocycles. The Morgan fingerprint density at radius 2 is 2.18 bits per heavy atom. The number of nitriles is 1. The van der Waals surface area contributed by atoms with Crippen molar-refractivity contribution in [3.63, 3.8) is 0 Å². The molecule has 0 rings (SSSR count). The summed E-state index contributed by atoms with van der Waals surface area (Å²) in [7, 11) is 1.90. The minimum Gasteiger partial charge on any atom is -0.280 e. The van der Waals surface area contributed by atoms with Crippen LogP contribution in [0.2, 0.25) is 0 Å². The highest BCUT2D eigenvalue weighted by Crippen LogP contribution is 1.91. The summed E-state index contributed by atoms with van der Waals surface area (Å²) in [6, 6.07) is 2.27. The van der Waals surface area contributed by atoms with Crippen molar-refractivity contribution < 1.29 is 0 Å². The molecule has 0 aromatic carbocycles. The van der Waals surface area contributed by atoms with Gasteiger partial charge in [-0.2, -0.15) is 5.26 Å². The minimum atomic E-state index is 0.189. The maximum atomic E-state index is 8.37. The average molecular weight is 150 g/mol. The fourth-order valence-electron chi connectivity index (χ4n) is 0.608. The SMILES string of the molecule is CCC#CC(C)N(C)CC#N. The third-order valence-electron chi connectivity index (χ3n) is 1.47. The van der Waals surface area contributed by atoms with E-state index in [2.05, 4.69) is 17.9 Å². The van der Waals surface area contributed by atoms with Crippen LogP contribution in [0, 0.1) is 23.2 Å². The molecule has 0 saturated heterocycles. The lowest BCUT2D eigenvalue weighted by Crippen LogP contribution is -2.27. The van der Waals surface area contributed by atoms with Gasteiger partial charge in [-0.15, -0.1) is 5.92 Å². The molecule has 0 heterocycles. The summed E-state index contributed by atoms with van der Waals surface area (Å²) in [5.41, 5.74) is 0. The molecule has 11 heavy (non-hydrogen) atoms. The smallest absolute Gasteiger partial charge is 0.0873 e. The summed E-state index contributed by atoms with van der Waals surface area (Å²) in [4.78, 5) is 1.92. The highest BCUT2D eigenvalue weighted by Gasteiger charge is 2.02. The molecule has 2 heteroatoms. The Hall–Kier alpha value is -0.990. The first-order valence-corrected chi connectivity index (χ1v) is 3.78. The largest absolute Gasteiger partial charge is 0.280 e. The summed E-state index contributed by atoms with van der Waals surface area (Å²) in [6.45, 7) is 4.46. The molecule has 60 valence electrons. The molecule has 0 amide bonds. The second-order valence-electron chi connectivity index (χ2n) is 2.42. The summed E-state index contributed by atoms with van der Waals surface area (Å²) >= 11 is 0. The lowest BCUT2D eigenvalue weighted by molar-refractivity contribution is 0.341. The van der Waals surface area contributed by atoms with E-state index < -0.39 is 0 Å². The lowest BCUT2D eigenvalue weighted by atomic mass is 10.3. The van der Waals surface area contributed by atoms with Crippen LogP contribution < -0.4 is 0 Å². The quantitative estimate of drug-likeness (QED) is 0.437. The van der Waals surface area contributed by atoms with Crippen molar-refractivity contribution in [3.05, 3.63) is 0 Å². The van der Waals surface area contributed by atoms with Crippen molar-refractivity contribution in [3.8, 4) is 17.9 Å². The highest BCUT2D eigenvalue weighted by atomic mass is 15.1. The zero-order chi connectivity index (χ0) is 8.69. The number of rotatable bonds is 2. The van der Waals surface area contributed by atoms with Gasteiger partial charge in [0.1, 0.15) is 0 Å². The van der Waals surface area contributed by atoms with Gasteiger partial charge < -0.3 is 0 Å². The molecule has 1 unspecified atom stereocenters. The average Bonchev–Trinajstić information content (AvgIpc) is 2.00. The van der Waals surface area contributed by atoms with Crippen LogP contribution in [-0.4, -0.2) is 24.5 Å². The molecule has 0 aliphatic rings. The van der Waals surface area contributed by atoms with Crippen LogP contribution in [0.4, 0.5) is 0 Å². The standard InChI is InChI=1S/C9H14N2/c1-4-5-6-9(2)11(3)8-7-10/h9H,4,8H2,1-3H3. The molecule has 2 nitrogen and oxygen atoms in total. The van der Waals surface area contributed by atoms with Gasteiger partial charge in [0.05, 0.1) is 18.7 Å². The van der Waals surface area contributed by atoms with Gasteiger partial charge in [-0.25, -0.2) is 0 Å². The van der Waals surface area contributed by atoms with E-state index in [-0.39, 0.29) is 6.04 Å². The number of hydrogen-bond acceptors (Lipinski definition) is 2. The van der Waals surface area contributed by atoms with Crippen molar-refractivity contribution in [1.82, 2.24) is 4.90 Å². The zero-order valence-corrected chi connectivity index (χ0v) is 7.39. The predicted molar refractivity (Wildman–Crippen MR) is 45.8 cm³/mol. The summed E-state index contributed by atoms with van der Waals surface area (Å²) in [6.07, 6.45) is 0.880. The van der Waals surface area contributed by atoms with Gasteiger partial charge in [0.15, 0.2) is 0 Å². The molecule has 0 fully saturated rings. The van der Waals surface area contributed by atoms with Crippen LogP contribution in [0.1, 0.15) is 20.3 Å². The Balaban J connectivity index is 3.83.